The Hall–Kier alpha value is -2.36. The number of anilines is 1. The van der Waals surface area contributed by atoms with Crippen molar-refractivity contribution < 1.29 is 14.2 Å². The molecule has 0 unspecified atom stereocenters. The molecule has 2 rings (SSSR count). The average molecular weight is 287 g/mol. The summed E-state index contributed by atoms with van der Waals surface area (Å²) in [4.78, 5) is 0. The van der Waals surface area contributed by atoms with Crippen LogP contribution in [0.2, 0.25) is 0 Å². The van der Waals surface area contributed by atoms with Crippen LogP contribution in [0.15, 0.2) is 30.3 Å². The molecule has 2 aromatic carbocycles. The molecular formula is C17H21NO3. The first-order chi connectivity index (χ1) is 10.1. The molecule has 0 aliphatic heterocycles. The van der Waals surface area contributed by atoms with Gasteiger partial charge in [-0.3, -0.25) is 0 Å². The molecule has 2 aromatic rings. The summed E-state index contributed by atoms with van der Waals surface area (Å²) in [7, 11) is 3.24. The van der Waals surface area contributed by atoms with E-state index >= 15 is 0 Å². The Morgan fingerprint density at radius 3 is 2.33 bits per heavy atom. The molecule has 0 aromatic heterocycles. The fraction of sp³-hybridized carbons (Fsp3) is 0.294. The van der Waals surface area contributed by atoms with E-state index < -0.39 is 0 Å². The molecule has 0 spiro atoms. The lowest BCUT2D eigenvalue weighted by molar-refractivity contribution is 0.300. The third kappa shape index (κ3) is 3.21. The lowest BCUT2D eigenvalue weighted by Crippen LogP contribution is -2.02. The number of hydrogen-bond acceptors (Lipinski definition) is 4. The van der Waals surface area contributed by atoms with Gasteiger partial charge < -0.3 is 19.9 Å². The SMILES string of the molecule is COc1ccc(COc2c(C)ccc(N)c2C)cc1OC. The Morgan fingerprint density at radius 1 is 0.952 bits per heavy atom. The average Bonchev–Trinajstić information content (AvgIpc) is 2.50. The van der Waals surface area contributed by atoms with Gasteiger partial charge in [0.25, 0.3) is 0 Å². The predicted molar refractivity (Wildman–Crippen MR) is 84.2 cm³/mol. The third-order valence-corrected chi connectivity index (χ3v) is 3.48. The van der Waals surface area contributed by atoms with E-state index in [-0.39, 0.29) is 0 Å². The summed E-state index contributed by atoms with van der Waals surface area (Å²) >= 11 is 0. The van der Waals surface area contributed by atoms with Crippen LogP contribution in [0.1, 0.15) is 16.7 Å². The summed E-state index contributed by atoms with van der Waals surface area (Å²) in [6.07, 6.45) is 0. The highest BCUT2D eigenvalue weighted by atomic mass is 16.5. The second-order valence-corrected chi connectivity index (χ2v) is 4.90. The van der Waals surface area contributed by atoms with Crippen LogP contribution in [0.5, 0.6) is 17.2 Å². The lowest BCUT2D eigenvalue weighted by Gasteiger charge is -2.15. The number of rotatable bonds is 5. The molecule has 0 bridgehead atoms. The van der Waals surface area contributed by atoms with Gasteiger partial charge in [0, 0.05) is 11.3 Å². The number of methoxy groups -OCH3 is 2. The highest BCUT2D eigenvalue weighted by molar-refractivity contribution is 5.56. The van der Waals surface area contributed by atoms with Gasteiger partial charge >= 0.3 is 0 Å². The van der Waals surface area contributed by atoms with Gasteiger partial charge in [-0.25, -0.2) is 0 Å². The molecule has 0 radical (unpaired) electrons. The van der Waals surface area contributed by atoms with Crippen LogP contribution in [0.25, 0.3) is 0 Å². The van der Waals surface area contributed by atoms with Crippen LogP contribution in [-0.4, -0.2) is 14.2 Å². The van der Waals surface area contributed by atoms with Crippen molar-refractivity contribution in [1.82, 2.24) is 0 Å². The molecule has 0 heterocycles. The van der Waals surface area contributed by atoms with E-state index in [2.05, 4.69) is 0 Å². The van der Waals surface area contributed by atoms with Crippen LogP contribution >= 0.6 is 0 Å². The Balaban J connectivity index is 2.19. The van der Waals surface area contributed by atoms with Crippen LogP contribution in [0.4, 0.5) is 5.69 Å². The first kappa shape index (κ1) is 15.0. The molecule has 0 atom stereocenters. The summed E-state index contributed by atoms with van der Waals surface area (Å²) in [6, 6.07) is 9.60. The van der Waals surface area contributed by atoms with Crippen molar-refractivity contribution in [3.63, 3.8) is 0 Å². The highest BCUT2D eigenvalue weighted by Crippen LogP contribution is 2.30. The first-order valence-corrected chi connectivity index (χ1v) is 6.76. The molecule has 21 heavy (non-hydrogen) atoms. The molecule has 4 heteroatoms. The normalized spacial score (nSPS) is 10.3. The number of hydrogen-bond donors (Lipinski definition) is 1. The van der Waals surface area contributed by atoms with Crippen molar-refractivity contribution in [1.29, 1.82) is 0 Å². The zero-order valence-corrected chi connectivity index (χ0v) is 12.9. The van der Waals surface area contributed by atoms with E-state index in [9.17, 15) is 0 Å². The maximum Gasteiger partial charge on any atom is 0.161 e. The van der Waals surface area contributed by atoms with Gasteiger partial charge in [-0.15, -0.1) is 0 Å². The molecule has 0 saturated heterocycles. The zero-order valence-electron chi connectivity index (χ0n) is 12.9. The summed E-state index contributed by atoms with van der Waals surface area (Å²) in [5.74, 6) is 2.24. The van der Waals surface area contributed by atoms with E-state index in [0.717, 1.165) is 28.1 Å². The summed E-state index contributed by atoms with van der Waals surface area (Å²) in [6.45, 7) is 4.42. The van der Waals surface area contributed by atoms with Crippen LogP contribution < -0.4 is 19.9 Å². The summed E-state index contributed by atoms with van der Waals surface area (Å²) < 4.78 is 16.5. The smallest absolute Gasteiger partial charge is 0.161 e. The largest absolute Gasteiger partial charge is 0.493 e. The van der Waals surface area contributed by atoms with Crippen LogP contribution in [0, 0.1) is 13.8 Å². The summed E-state index contributed by atoms with van der Waals surface area (Å²) in [5, 5.41) is 0. The molecule has 0 aliphatic rings. The van der Waals surface area contributed by atoms with Gasteiger partial charge in [0.1, 0.15) is 12.4 Å². The predicted octanol–water partition coefficient (Wildman–Crippen LogP) is 3.48. The lowest BCUT2D eigenvalue weighted by atomic mass is 10.1. The molecule has 4 nitrogen and oxygen atoms in total. The van der Waals surface area contributed by atoms with Crippen molar-refractivity contribution in [2.75, 3.05) is 20.0 Å². The molecule has 0 saturated carbocycles. The molecular weight excluding hydrogens is 266 g/mol. The molecule has 0 aliphatic carbocycles. The second kappa shape index (κ2) is 6.39. The van der Waals surface area contributed by atoms with E-state index in [0.29, 0.717) is 18.1 Å². The molecule has 2 N–H and O–H groups in total. The van der Waals surface area contributed by atoms with Gasteiger partial charge in [0.15, 0.2) is 11.5 Å². The quantitative estimate of drug-likeness (QED) is 0.855. The minimum Gasteiger partial charge on any atom is -0.493 e. The fourth-order valence-corrected chi connectivity index (χ4v) is 2.19. The number of nitrogens with two attached hydrogens (primary N) is 1. The van der Waals surface area contributed by atoms with Gasteiger partial charge in [0.2, 0.25) is 0 Å². The van der Waals surface area contributed by atoms with Crippen molar-refractivity contribution in [3.05, 3.63) is 47.0 Å². The van der Waals surface area contributed by atoms with Crippen LogP contribution in [0.3, 0.4) is 0 Å². The highest BCUT2D eigenvalue weighted by Gasteiger charge is 2.09. The van der Waals surface area contributed by atoms with Gasteiger partial charge in [-0.1, -0.05) is 12.1 Å². The van der Waals surface area contributed by atoms with Gasteiger partial charge in [-0.05, 0) is 43.2 Å². The van der Waals surface area contributed by atoms with Crippen molar-refractivity contribution in [2.45, 2.75) is 20.5 Å². The number of ether oxygens (including phenoxy) is 3. The molecule has 0 fully saturated rings. The van der Waals surface area contributed by atoms with E-state index in [1.807, 2.05) is 44.2 Å². The van der Waals surface area contributed by atoms with Gasteiger partial charge in [-0.2, -0.15) is 0 Å². The van der Waals surface area contributed by atoms with Gasteiger partial charge in [0.05, 0.1) is 14.2 Å². The fourth-order valence-electron chi connectivity index (χ4n) is 2.19. The first-order valence-electron chi connectivity index (χ1n) is 6.76. The zero-order chi connectivity index (χ0) is 15.4. The Labute approximate surface area is 125 Å². The minimum atomic E-state index is 0.450. The van der Waals surface area contributed by atoms with Crippen molar-refractivity contribution in [3.8, 4) is 17.2 Å². The Kier molecular flexibility index (Phi) is 4.58. The number of nitrogen functional groups attached to an aromatic ring is 1. The maximum absolute atomic E-state index is 5.93. The minimum absolute atomic E-state index is 0.450. The standard InChI is InChI=1S/C17H21NO3/c1-11-5-7-14(18)12(2)17(11)21-10-13-6-8-15(19-3)16(9-13)20-4/h5-9H,10,18H2,1-4H3. The topological polar surface area (TPSA) is 53.7 Å². The van der Waals surface area contributed by atoms with E-state index in [1.54, 1.807) is 14.2 Å². The molecule has 112 valence electrons. The van der Waals surface area contributed by atoms with E-state index in [4.69, 9.17) is 19.9 Å². The Bertz CT molecular complexity index is 638. The summed E-state index contributed by atoms with van der Waals surface area (Å²) in [5.41, 5.74) is 9.71. The maximum atomic E-state index is 5.93. The van der Waals surface area contributed by atoms with Crippen LogP contribution in [-0.2, 0) is 6.61 Å². The number of benzene rings is 2. The Morgan fingerprint density at radius 2 is 1.67 bits per heavy atom. The monoisotopic (exact) mass is 287 g/mol. The number of aryl methyl sites for hydroxylation is 1. The van der Waals surface area contributed by atoms with Crippen molar-refractivity contribution >= 4 is 5.69 Å². The van der Waals surface area contributed by atoms with Crippen molar-refractivity contribution in [2.24, 2.45) is 0 Å². The molecule has 0 amide bonds. The van der Waals surface area contributed by atoms with E-state index in [1.165, 1.54) is 0 Å². The third-order valence-electron chi connectivity index (χ3n) is 3.48. The second-order valence-electron chi connectivity index (χ2n) is 4.90.